The second-order valence-corrected chi connectivity index (χ2v) is 9.77. The van der Waals surface area contributed by atoms with Crippen LogP contribution in [0.3, 0.4) is 0 Å². The van der Waals surface area contributed by atoms with Crippen LogP contribution in [-0.4, -0.2) is 52.1 Å². The van der Waals surface area contributed by atoms with Gasteiger partial charge in [0.15, 0.2) is 10.8 Å². The Hall–Kier alpha value is -2.57. The fourth-order valence-corrected chi connectivity index (χ4v) is 6.19. The van der Waals surface area contributed by atoms with E-state index >= 15 is 0 Å². The molecule has 0 spiro atoms. The summed E-state index contributed by atoms with van der Waals surface area (Å²) < 4.78 is 1.16. The fourth-order valence-electron chi connectivity index (χ4n) is 5.17. The minimum atomic E-state index is 0.761. The van der Waals surface area contributed by atoms with Crippen molar-refractivity contribution in [2.75, 3.05) is 31.1 Å². The zero-order valence-electron chi connectivity index (χ0n) is 17.7. The van der Waals surface area contributed by atoms with Crippen LogP contribution in [0.5, 0.6) is 0 Å². The average Bonchev–Trinajstić information content (AvgIpc) is 3.28. The number of aromatic nitrogens is 3. The number of rotatable bonds is 3. The molecule has 0 saturated carbocycles. The van der Waals surface area contributed by atoms with Crippen molar-refractivity contribution < 1.29 is 0 Å². The third kappa shape index (κ3) is 3.68. The summed E-state index contributed by atoms with van der Waals surface area (Å²) in [6.45, 7) is 4.79. The lowest BCUT2D eigenvalue weighted by Gasteiger charge is -2.40. The number of likely N-dealkylation sites (tertiary alicyclic amines) is 1. The average molecular weight is 430 g/mol. The van der Waals surface area contributed by atoms with Crippen molar-refractivity contribution >= 4 is 37.6 Å². The van der Waals surface area contributed by atoms with E-state index in [1.54, 1.807) is 11.3 Å². The van der Waals surface area contributed by atoms with Crippen LogP contribution in [0.1, 0.15) is 32.1 Å². The normalized spacial score (nSPS) is 18.8. The number of pyridine rings is 2. The molecule has 0 atom stereocenters. The molecule has 2 saturated heterocycles. The lowest BCUT2D eigenvalue weighted by molar-refractivity contribution is 0.141. The summed E-state index contributed by atoms with van der Waals surface area (Å²) in [6, 6.07) is 11.5. The van der Waals surface area contributed by atoms with Crippen LogP contribution in [-0.2, 0) is 0 Å². The van der Waals surface area contributed by atoms with Gasteiger partial charge in [0.1, 0.15) is 0 Å². The van der Waals surface area contributed by atoms with Gasteiger partial charge in [-0.1, -0.05) is 36.0 Å². The van der Waals surface area contributed by atoms with Gasteiger partial charge in [-0.05, 0) is 61.9 Å². The molecular formula is C25H27N5S. The molecule has 3 aromatic heterocycles. The number of anilines is 1. The topological polar surface area (TPSA) is 45.2 Å². The van der Waals surface area contributed by atoms with E-state index in [9.17, 15) is 0 Å². The molecule has 0 N–H and O–H groups in total. The highest BCUT2D eigenvalue weighted by Crippen LogP contribution is 2.34. The van der Waals surface area contributed by atoms with Gasteiger partial charge in [-0.3, -0.25) is 4.98 Å². The maximum absolute atomic E-state index is 4.88. The smallest absolute Gasteiger partial charge is 0.188 e. The second-order valence-electron chi connectivity index (χ2n) is 8.76. The van der Waals surface area contributed by atoms with Gasteiger partial charge in [0.2, 0.25) is 0 Å². The first-order valence-corrected chi connectivity index (χ1v) is 12.3. The molecule has 0 radical (unpaired) electrons. The van der Waals surface area contributed by atoms with Crippen LogP contribution in [0.4, 0.5) is 5.13 Å². The minimum absolute atomic E-state index is 0.761. The van der Waals surface area contributed by atoms with Gasteiger partial charge < -0.3 is 9.80 Å². The van der Waals surface area contributed by atoms with Crippen LogP contribution >= 0.6 is 11.3 Å². The molecule has 0 bridgehead atoms. The summed E-state index contributed by atoms with van der Waals surface area (Å²) in [4.78, 5) is 19.1. The van der Waals surface area contributed by atoms with Crippen LogP contribution in [0.15, 0.2) is 48.9 Å². The van der Waals surface area contributed by atoms with Gasteiger partial charge >= 0.3 is 0 Å². The van der Waals surface area contributed by atoms with E-state index in [1.165, 1.54) is 56.1 Å². The lowest BCUT2D eigenvalue weighted by atomic mass is 10.0. The number of hydrogen-bond donors (Lipinski definition) is 0. The molecule has 5 nitrogen and oxygen atoms in total. The van der Waals surface area contributed by atoms with Crippen molar-refractivity contribution in [1.82, 2.24) is 19.9 Å². The number of piperidine rings is 2. The lowest BCUT2D eigenvalue weighted by Crippen LogP contribution is -2.46. The molecule has 0 aliphatic carbocycles. The molecule has 2 aliphatic rings. The Labute approximate surface area is 186 Å². The summed E-state index contributed by atoms with van der Waals surface area (Å²) in [5, 5.41) is 3.49. The maximum Gasteiger partial charge on any atom is 0.188 e. The number of thiazole rings is 1. The molecule has 2 fully saturated rings. The molecular weight excluding hydrogens is 402 g/mol. The highest BCUT2D eigenvalue weighted by Gasteiger charge is 2.27. The van der Waals surface area contributed by atoms with Gasteiger partial charge in [-0.15, -0.1) is 0 Å². The van der Waals surface area contributed by atoms with E-state index in [1.807, 2.05) is 18.6 Å². The molecule has 0 amide bonds. The van der Waals surface area contributed by atoms with E-state index < -0.39 is 0 Å². The van der Waals surface area contributed by atoms with Crippen LogP contribution in [0.2, 0.25) is 0 Å². The molecule has 158 valence electrons. The molecule has 1 aromatic carbocycles. The van der Waals surface area contributed by atoms with Crippen LogP contribution in [0.25, 0.3) is 32.2 Å². The van der Waals surface area contributed by atoms with E-state index in [-0.39, 0.29) is 0 Å². The van der Waals surface area contributed by atoms with E-state index in [0.717, 1.165) is 45.6 Å². The van der Waals surface area contributed by atoms with Crippen molar-refractivity contribution in [2.45, 2.75) is 38.1 Å². The molecule has 4 aromatic rings. The summed E-state index contributed by atoms with van der Waals surface area (Å²) in [5.74, 6) is 0. The number of hydrogen-bond acceptors (Lipinski definition) is 6. The van der Waals surface area contributed by atoms with Gasteiger partial charge in [-0.2, -0.15) is 4.98 Å². The van der Waals surface area contributed by atoms with Crippen molar-refractivity contribution in [3.63, 3.8) is 0 Å². The summed E-state index contributed by atoms with van der Waals surface area (Å²) in [6.07, 6.45) is 12.4. The predicted molar refractivity (Wildman–Crippen MR) is 129 cm³/mol. The monoisotopic (exact) mass is 429 g/mol. The molecule has 6 rings (SSSR count). The Morgan fingerprint density at radius 2 is 1.81 bits per heavy atom. The third-order valence-corrected chi connectivity index (χ3v) is 7.92. The largest absolute Gasteiger partial charge is 0.348 e. The van der Waals surface area contributed by atoms with Gasteiger partial charge in [0, 0.05) is 48.7 Å². The quantitative estimate of drug-likeness (QED) is 0.439. The molecule has 6 heteroatoms. The highest BCUT2D eigenvalue weighted by atomic mass is 32.1. The van der Waals surface area contributed by atoms with Crippen molar-refractivity contribution in [1.29, 1.82) is 0 Å². The second kappa shape index (κ2) is 8.17. The van der Waals surface area contributed by atoms with Crippen LogP contribution in [0, 0.1) is 0 Å². The molecule has 0 unspecified atom stereocenters. The Bertz CT molecular complexity index is 1200. The van der Waals surface area contributed by atoms with Crippen molar-refractivity contribution in [3.05, 3.63) is 48.9 Å². The molecule has 5 heterocycles. The highest BCUT2D eigenvalue weighted by molar-refractivity contribution is 7.22. The zero-order chi connectivity index (χ0) is 20.6. The number of benzene rings is 1. The van der Waals surface area contributed by atoms with Crippen molar-refractivity contribution in [2.24, 2.45) is 0 Å². The minimum Gasteiger partial charge on any atom is -0.348 e. The number of fused-ring (bicyclic) bond motifs is 2. The standard InChI is InChI=1S/C25H27N5S/c1-2-11-29(12-3-1)20-8-13-30(14-9-20)25-28-24-23(31-25)15-19(17-27-24)21-6-4-5-18-16-26-10-7-22(18)21/h4-7,10,15-17,20H,1-3,8-9,11-14H2. The van der Waals surface area contributed by atoms with E-state index in [2.05, 4.69) is 45.1 Å². The van der Waals surface area contributed by atoms with Gasteiger partial charge in [0.25, 0.3) is 0 Å². The maximum atomic E-state index is 4.88. The van der Waals surface area contributed by atoms with Gasteiger partial charge in [-0.25, -0.2) is 4.98 Å². The fraction of sp³-hybridized carbons (Fsp3) is 0.400. The van der Waals surface area contributed by atoms with Crippen LogP contribution < -0.4 is 4.90 Å². The molecule has 31 heavy (non-hydrogen) atoms. The first kappa shape index (κ1) is 19.1. The Morgan fingerprint density at radius 1 is 0.935 bits per heavy atom. The van der Waals surface area contributed by atoms with Crippen molar-refractivity contribution in [3.8, 4) is 11.1 Å². The SMILES string of the molecule is c1cc(-c2cnc3nc(N4CCC(N5CCCCC5)CC4)sc3c2)c2ccncc2c1. The Balaban J connectivity index is 1.24. The third-order valence-electron chi connectivity index (χ3n) is 6.87. The summed E-state index contributed by atoms with van der Waals surface area (Å²) in [5.41, 5.74) is 3.21. The zero-order valence-corrected chi connectivity index (χ0v) is 18.5. The van der Waals surface area contributed by atoms with E-state index in [0.29, 0.717) is 0 Å². The Morgan fingerprint density at radius 3 is 2.68 bits per heavy atom. The van der Waals surface area contributed by atoms with E-state index in [4.69, 9.17) is 9.97 Å². The predicted octanol–water partition coefficient (Wildman–Crippen LogP) is 5.36. The first-order chi connectivity index (χ1) is 15.3. The number of nitrogens with zero attached hydrogens (tertiary/aromatic N) is 5. The summed E-state index contributed by atoms with van der Waals surface area (Å²) in [7, 11) is 0. The molecule has 2 aliphatic heterocycles. The Kier molecular flexibility index (Phi) is 5.04. The van der Waals surface area contributed by atoms with Gasteiger partial charge in [0.05, 0.1) is 4.70 Å². The first-order valence-electron chi connectivity index (χ1n) is 11.4. The summed E-state index contributed by atoms with van der Waals surface area (Å²) >= 11 is 1.78.